The van der Waals surface area contributed by atoms with Crippen molar-refractivity contribution in [3.63, 3.8) is 0 Å². The molecule has 18 heavy (non-hydrogen) atoms. The van der Waals surface area contributed by atoms with Gasteiger partial charge < -0.3 is 5.73 Å². The minimum atomic E-state index is -3.47. The minimum absolute atomic E-state index is 0.0415. The van der Waals surface area contributed by atoms with Crippen LogP contribution < -0.4 is 10.5 Å². The fraction of sp³-hybridized carbons (Fsp3) is 0.500. The molecule has 2 unspecified atom stereocenters. The molecule has 6 heteroatoms. The van der Waals surface area contributed by atoms with E-state index in [1.54, 1.807) is 12.1 Å². The third-order valence-corrected chi connectivity index (χ3v) is 5.66. The first-order valence-corrected chi connectivity index (χ1v) is 8.25. The molecule has 1 aliphatic carbocycles. The number of halogens is 1. The van der Waals surface area contributed by atoms with Crippen molar-refractivity contribution in [3.8, 4) is 0 Å². The van der Waals surface area contributed by atoms with Crippen LogP contribution in [-0.2, 0) is 10.0 Å². The van der Waals surface area contributed by atoms with E-state index in [1.165, 1.54) is 6.07 Å². The lowest BCUT2D eigenvalue weighted by atomic mass is 10.1. The second-order valence-electron chi connectivity index (χ2n) is 4.82. The second-order valence-corrected chi connectivity index (χ2v) is 7.39. The molecule has 0 saturated heterocycles. The van der Waals surface area contributed by atoms with E-state index in [1.807, 2.05) is 0 Å². The molecule has 0 spiro atoms. The van der Waals surface area contributed by atoms with E-state index in [2.05, 4.69) is 27.6 Å². The first-order chi connectivity index (χ1) is 8.40. The Balaban J connectivity index is 2.22. The summed E-state index contributed by atoms with van der Waals surface area (Å²) in [6, 6.07) is 4.73. The van der Waals surface area contributed by atoms with E-state index < -0.39 is 10.0 Å². The third-order valence-electron chi connectivity index (χ3n) is 3.45. The van der Waals surface area contributed by atoms with Gasteiger partial charge in [0.2, 0.25) is 10.0 Å². The summed E-state index contributed by atoms with van der Waals surface area (Å²) in [5.41, 5.74) is 6.14. The Morgan fingerprint density at radius 2 is 2.11 bits per heavy atom. The fourth-order valence-corrected chi connectivity index (χ4v) is 3.94. The average Bonchev–Trinajstić information content (AvgIpc) is 2.67. The number of hydrogen-bond acceptors (Lipinski definition) is 3. The highest BCUT2D eigenvalue weighted by molar-refractivity contribution is 9.10. The number of hydrogen-bond donors (Lipinski definition) is 2. The highest BCUT2D eigenvalue weighted by atomic mass is 79.9. The van der Waals surface area contributed by atoms with Gasteiger partial charge in [-0.1, -0.05) is 13.3 Å². The molecule has 1 saturated carbocycles. The Labute approximate surface area is 116 Å². The van der Waals surface area contributed by atoms with Crippen LogP contribution in [0.3, 0.4) is 0 Å². The number of benzene rings is 1. The van der Waals surface area contributed by atoms with Crippen LogP contribution >= 0.6 is 15.9 Å². The summed E-state index contributed by atoms with van der Waals surface area (Å²) < 4.78 is 27.9. The van der Waals surface area contributed by atoms with Gasteiger partial charge in [0.1, 0.15) is 0 Å². The summed E-state index contributed by atoms with van der Waals surface area (Å²) in [5, 5.41) is 0. The van der Waals surface area contributed by atoms with E-state index in [0.717, 1.165) is 19.3 Å². The number of nitrogens with one attached hydrogen (secondary N) is 1. The molecule has 1 aromatic rings. The summed E-state index contributed by atoms with van der Waals surface area (Å²) in [5.74, 6) is 0.396. The molecule has 0 amide bonds. The number of rotatable bonds is 3. The Kier molecular flexibility index (Phi) is 3.99. The summed E-state index contributed by atoms with van der Waals surface area (Å²) >= 11 is 3.25. The van der Waals surface area contributed by atoms with Gasteiger partial charge in [0, 0.05) is 16.2 Å². The highest BCUT2D eigenvalue weighted by Crippen LogP contribution is 2.27. The van der Waals surface area contributed by atoms with Crippen molar-refractivity contribution in [2.45, 2.75) is 37.1 Å². The van der Waals surface area contributed by atoms with Crippen molar-refractivity contribution < 1.29 is 8.42 Å². The van der Waals surface area contributed by atoms with E-state index >= 15 is 0 Å². The van der Waals surface area contributed by atoms with Crippen molar-refractivity contribution in [2.75, 3.05) is 5.73 Å². The van der Waals surface area contributed by atoms with Gasteiger partial charge in [-0.2, -0.15) is 0 Å². The minimum Gasteiger partial charge on any atom is -0.398 e. The third kappa shape index (κ3) is 2.87. The van der Waals surface area contributed by atoms with Crippen molar-refractivity contribution in [1.82, 2.24) is 4.72 Å². The van der Waals surface area contributed by atoms with Gasteiger partial charge in [-0.05, 0) is 52.9 Å². The summed E-state index contributed by atoms with van der Waals surface area (Å²) in [7, 11) is -3.47. The molecule has 2 rings (SSSR count). The zero-order chi connectivity index (χ0) is 13.3. The molecule has 0 aromatic heterocycles. The molecular formula is C12H17BrN2O2S. The molecule has 3 N–H and O–H groups in total. The summed E-state index contributed by atoms with van der Waals surface area (Å²) in [6.45, 7) is 2.08. The van der Waals surface area contributed by atoms with Gasteiger partial charge in [0.15, 0.2) is 0 Å². The van der Waals surface area contributed by atoms with Gasteiger partial charge in [-0.3, -0.25) is 0 Å². The molecule has 2 atom stereocenters. The van der Waals surface area contributed by atoms with E-state index in [4.69, 9.17) is 5.73 Å². The predicted octanol–water partition coefficient (Wildman–Crippen LogP) is 2.50. The van der Waals surface area contributed by atoms with Crippen LogP contribution in [0, 0.1) is 5.92 Å². The first kappa shape index (κ1) is 13.8. The van der Waals surface area contributed by atoms with Crippen LogP contribution in [0.1, 0.15) is 26.2 Å². The average molecular weight is 333 g/mol. The van der Waals surface area contributed by atoms with Gasteiger partial charge in [0.05, 0.1) is 4.90 Å². The Bertz CT molecular complexity index is 545. The number of sulfonamides is 1. The SMILES string of the molecule is CC1CCCC1NS(=O)(=O)c1ccc(Br)c(N)c1. The van der Waals surface area contributed by atoms with E-state index in [-0.39, 0.29) is 10.9 Å². The number of anilines is 1. The molecule has 0 bridgehead atoms. The highest BCUT2D eigenvalue weighted by Gasteiger charge is 2.28. The second kappa shape index (κ2) is 5.19. The molecule has 1 fully saturated rings. The van der Waals surface area contributed by atoms with E-state index in [9.17, 15) is 8.42 Å². The maximum Gasteiger partial charge on any atom is 0.240 e. The number of nitrogen functional groups attached to an aromatic ring is 1. The van der Waals surface area contributed by atoms with Gasteiger partial charge in [-0.25, -0.2) is 13.1 Å². The normalized spacial score (nSPS) is 24.3. The summed E-state index contributed by atoms with van der Waals surface area (Å²) in [4.78, 5) is 0.224. The lowest BCUT2D eigenvalue weighted by Gasteiger charge is -2.17. The van der Waals surface area contributed by atoms with Gasteiger partial charge in [-0.15, -0.1) is 0 Å². The zero-order valence-electron chi connectivity index (χ0n) is 10.2. The van der Waals surface area contributed by atoms with Crippen LogP contribution in [0.15, 0.2) is 27.6 Å². The van der Waals surface area contributed by atoms with E-state index in [0.29, 0.717) is 16.1 Å². The molecule has 1 aromatic carbocycles. The Morgan fingerprint density at radius 1 is 1.39 bits per heavy atom. The summed E-state index contributed by atoms with van der Waals surface area (Å²) in [6.07, 6.45) is 3.07. The Morgan fingerprint density at radius 3 is 2.67 bits per heavy atom. The predicted molar refractivity (Wildman–Crippen MR) is 75.7 cm³/mol. The Hall–Kier alpha value is -0.590. The van der Waals surface area contributed by atoms with Crippen LogP contribution in [-0.4, -0.2) is 14.5 Å². The van der Waals surface area contributed by atoms with Crippen LogP contribution in [0.25, 0.3) is 0 Å². The first-order valence-electron chi connectivity index (χ1n) is 5.97. The van der Waals surface area contributed by atoms with Gasteiger partial charge in [0.25, 0.3) is 0 Å². The molecular weight excluding hydrogens is 316 g/mol. The smallest absolute Gasteiger partial charge is 0.240 e. The maximum atomic E-state index is 12.2. The van der Waals surface area contributed by atoms with Crippen LogP contribution in [0.2, 0.25) is 0 Å². The number of nitrogens with two attached hydrogens (primary N) is 1. The maximum absolute atomic E-state index is 12.2. The van der Waals surface area contributed by atoms with Crippen molar-refractivity contribution in [1.29, 1.82) is 0 Å². The monoisotopic (exact) mass is 332 g/mol. The molecule has 0 radical (unpaired) electrons. The van der Waals surface area contributed by atoms with Crippen molar-refractivity contribution in [2.24, 2.45) is 5.92 Å². The molecule has 1 aliphatic rings. The standard InChI is InChI=1S/C12H17BrN2O2S/c1-8-3-2-4-12(8)15-18(16,17)9-5-6-10(13)11(14)7-9/h5-8,12,15H,2-4,14H2,1H3. The van der Waals surface area contributed by atoms with Crippen molar-refractivity contribution >= 4 is 31.6 Å². The molecule has 4 nitrogen and oxygen atoms in total. The molecule has 0 aliphatic heterocycles. The molecule has 0 heterocycles. The van der Waals surface area contributed by atoms with Gasteiger partial charge >= 0.3 is 0 Å². The lowest BCUT2D eigenvalue weighted by Crippen LogP contribution is -2.36. The van der Waals surface area contributed by atoms with Crippen LogP contribution in [0.4, 0.5) is 5.69 Å². The quantitative estimate of drug-likeness (QED) is 0.835. The fourth-order valence-electron chi connectivity index (χ4n) is 2.28. The molecule has 100 valence electrons. The van der Waals surface area contributed by atoms with Crippen LogP contribution in [0.5, 0.6) is 0 Å². The zero-order valence-corrected chi connectivity index (χ0v) is 12.6. The lowest BCUT2D eigenvalue weighted by molar-refractivity contribution is 0.476. The topological polar surface area (TPSA) is 72.2 Å². The van der Waals surface area contributed by atoms with Crippen molar-refractivity contribution in [3.05, 3.63) is 22.7 Å². The largest absolute Gasteiger partial charge is 0.398 e.